The van der Waals surface area contributed by atoms with Crippen molar-refractivity contribution in [2.45, 2.75) is 32.2 Å². The molecule has 0 aromatic heterocycles. The van der Waals surface area contributed by atoms with Crippen LogP contribution in [0.4, 0.5) is 16.2 Å². The summed E-state index contributed by atoms with van der Waals surface area (Å²) >= 11 is 0. The Kier molecular flexibility index (Phi) is 8.05. The van der Waals surface area contributed by atoms with Gasteiger partial charge in [0.05, 0.1) is 18.4 Å². The monoisotopic (exact) mass is 503 g/mol. The summed E-state index contributed by atoms with van der Waals surface area (Å²) in [5.41, 5.74) is 3.06. The summed E-state index contributed by atoms with van der Waals surface area (Å²) in [5.74, 6) is -0.0851. The second kappa shape index (κ2) is 11.6. The van der Waals surface area contributed by atoms with Gasteiger partial charge < -0.3 is 25.3 Å². The van der Waals surface area contributed by atoms with E-state index >= 15 is 0 Å². The van der Waals surface area contributed by atoms with E-state index in [9.17, 15) is 14.4 Å². The van der Waals surface area contributed by atoms with Crippen molar-refractivity contribution in [2.75, 3.05) is 24.3 Å². The molecule has 9 heteroatoms. The molecule has 3 aromatic carbocycles. The minimum Gasteiger partial charge on any atom is -0.495 e. The first-order valence-electron chi connectivity index (χ1n) is 12.0. The molecule has 4 rings (SSSR count). The van der Waals surface area contributed by atoms with Gasteiger partial charge in [0, 0.05) is 18.7 Å². The van der Waals surface area contributed by atoms with E-state index in [1.807, 2.05) is 31.2 Å². The molecule has 1 fully saturated rings. The molecule has 0 spiro atoms. The highest BCUT2D eigenvalue weighted by atomic mass is 16.7. The van der Waals surface area contributed by atoms with E-state index in [2.05, 4.69) is 10.6 Å². The van der Waals surface area contributed by atoms with Crippen LogP contribution < -0.4 is 20.2 Å². The van der Waals surface area contributed by atoms with Crippen LogP contribution in [-0.2, 0) is 11.2 Å². The van der Waals surface area contributed by atoms with Crippen LogP contribution in [0.5, 0.6) is 11.5 Å². The van der Waals surface area contributed by atoms with E-state index < -0.39 is 18.0 Å². The summed E-state index contributed by atoms with van der Waals surface area (Å²) in [5, 5.41) is 16.3. The van der Waals surface area contributed by atoms with Gasteiger partial charge in [-0.3, -0.25) is 4.79 Å². The zero-order valence-corrected chi connectivity index (χ0v) is 20.7. The molecule has 1 atom stereocenters. The van der Waals surface area contributed by atoms with Crippen LogP contribution in [0, 0.1) is 6.92 Å². The SMILES string of the molecule is COc1cc(CC(=O)[C@H]2CCCN2Oc2ccc(C(=O)O)cc2)ccc1NC(=O)Nc1ccccc1C. The highest BCUT2D eigenvalue weighted by molar-refractivity contribution is 6.01. The maximum absolute atomic E-state index is 13.1. The Labute approximate surface area is 215 Å². The third-order valence-corrected chi connectivity index (χ3v) is 6.19. The number of nitrogens with zero attached hydrogens (tertiary/aromatic N) is 1. The third kappa shape index (κ3) is 6.45. The maximum Gasteiger partial charge on any atom is 0.335 e. The van der Waals surface area contributed by atoms with Gasteiger partial charge >= 0.3 is 12.0 Å². The van der Waals surface area contributed by atoms with Gasteiger partial charge in [0.25, 0.3) is 0 Å². The predicted octanol–water partition coefficient (Wildman–Crippen LogP) is 4.92. The molecule has 192 valence electrons. The topological polar surface area (TPSA) is 117 Å². The summed E-state index contributed by atoms with van der Waals surface area (Å²) in [4.78, 5) is 42.6. The average molecular weight is 504 g/mol. The number of carbonyl (C=O) groups is 3. The minimum absolute atomic E-state index is 0.000265. The maximum atomic E-state index is 13.1. The Bertz CT molecular complexity index is 1290. The van der Waals surface area contributed by atoms with Gasteiger partial charge in [-0.05, 0) is 73.4 Å². The Morgan fingerprint density at radius 3 is 2.43 bits per heavy atom. The van der Waals surface area contributed by atoms with Crippen LogP contribution in [0.25, 0.3) is 0 Å². The smallest absolute Gasteiger partial charge is 0.335 e. The minimum atomic E-state index is -1.01. The number of methoxy groups -OCH3 is 1. The normalized spacial score (nSPS) is 15.1. The number of amides is 2. The third-order valence-electron chi connectivity index (χ3n) is 6.19. The summed E-state index contributed by atoms with van der Waals surface area (Å²) in [6.07, 6.45) is 1.65. The summed E-state index contributed by atoms with van der Waals surface area (Å²) in [7, 11) is 1.51. The van der Waals surface area contributed by atoms with E-state index in [1.165, 1.54) is 19.2 Å². The van der Waals surface area contributed by atoms with Gasteiger partial charge in [-0.2, -0.15) is 0 Å². The number of anilines is 2. The van der Waals surface area contributed by atoms with Crippen molar-refractivity contribution in [3.63, 3.8) is 0 Å². The number of para-hydroxylation sites is 1. The number of carboxylic acids is 1. The van der Waals surface area contributed by atoms with Crippen LogP contribution in [0.2, 0.25) is 0 Å². The number of ether oxygens (including phenoxy) is 1. The molecule has 9 nitrogen and oxygen atoms in total. The number of rotatable bonds is 9. The molecular weight excluding hydrogens is 474 g/mol. The number of hydroxylamine groups is 2. The fourth-order valence-electron chi connectivity index (χ4n) is 4.22. The van der Waals surface area contributed by atoms with Crippen molar-refractivity contribution >= 4 is 29.2 Å². The van der Waals surface area contributed by atoms with Crippen molar-refractivity contribution < 1.29 is 29.1 Å². The van der Waals surface area contributed by atoms with E-state index in [0.717, 1.165) is 17.5 Å². The summed E-state index contributed by atoms with van der Waals surface area (Å²) in [6, 6.07) is 18.0. The van der Waals surface area contributed by atoms with E-state index in [0.29, 0.717) is 35.8 Å². The number of carbonyl (C=O) groups excluding carboxylic acids is 2. The number of nitrogens with one attached hydrogen (secondary N) is 2. The molecule has 3 N–H and O–H groups in total. The second-order valence-electron chi connectivity index (χ2n) is 8.79. The summed E-state index contributed by atoms with van der Waals surface area (Å²) in [6.45, 7) is 2.51. The molecule has 1 aliphatic rings. The molecule has 0 aliphatic carbocycles. The Morgan fingerprint density at radius 1 is 1.00 bits per heavy atom. The lowest BCUT2D eigenvalue weighted by atomic mass is 10.0. The molecule has 2 amide bonds. The standard InChI is InChI=1S/C28H29N3O6/c1-18-6-3-4-7-22(18)29-28(35)30-23-14-9-19(17-26(23)36-2)16-25(32)24-8-5-15-31(24)37-21-12-10-20(11-13-21)27(33)34/h3-4,6-7,9-14,17,24H,5,8,15-16H2,1-2H3,(H,33,34)(H2,29,30,35)/t24-/m1/s1. The van der Waals surface area contributed by atoms with Crippen LogP contribution >= 0.6 is 0 Å². The lowest BCUT2D eigenvalue weighted by Crippen LogP contribution is -2.39. The fraction of sp³-hybridized carbons (Fsp3) is 0.250. The molecule has 1 aliphatic heterocycles. The number of carboxylic acid groups (broad SMARTS) is 1. The van der Waals surface area contributed by atoms with Gasteiger partial charge in [-0.1, -0.05) is 24.3 Å². The molecule has 0 bridgehead atoms. The predicted molar refractivity (Wildman–Crippen MR) is 139 cm³/mol. The molecule has 1 saturated heterocycles. The van der Waals surface area contributed by atoms with Crippen molar-refractivity contribution in [3.8, 4) is 11.5 Å². The number of aromatic carboxylic acids is 1. The van der Waals surface area contributed by atoms with Gasteiger partial charge in [0.15, 0.2) is 5.78 Å². The molecule has 1 heterocycles. The van der Waals surface area contributed by atoms with Crippen molar-refractivity contribution in [1.82, 2.24) is 5.06 Å². The molecule has 0 radical (unpaired) electrons. The first-order valence-corrected chi connectivity index (χ1v) is 12.0. The number of ketones is 1. The van der Waals surface area contributed by atoms with Crippen LogP contribution in [0.1, 0.15) is 34.3 Å². The van der Waals surface area contributed by atoms with Crippen LogP contribution in [-0.4, -0.2) is 47.6 Å². The van der Waals surface area contributed by atoms with Gasteiger partial charge in [-0.25, -0.2) is 9.59 Å². The van der Waals surface area contributed by atoms with E-state index in [1.54, 1.807) is 35.4 Å². The van der Waals surface area contributed by atoms with Crippen molar-refractivity contribution in [2.24, 2.45) is 0 Å². The number of hydrogen-bond donors (Lipinski definition) is 3. The fourth-order valence-corrected chi connectivity index (χ4v) is 4.22. The molecule has 0 saturated carbocycles. The average Bonchev–Trinajstić information content (AvgIpc) is 3.35. The number of Topliss-reactive ketones (excluding diaryl/α,β-unsaturated/α-hetero) is 1. The second-order valence-corrected chi connectivity index (χ2v) is 8.79. The highest BCUT2D eigenvalue weighted by Gasteiger charge is 2.32. The van der Waals surface area contributed by atoms with Gasteiger partial charge in [-0.15, -0.1) is 5.06 Å². The molecule has 0 unspecified atom stereocenters. The quantitative estimate of drug-likeness (QED) is 0.380. The number of aryl methyl sites for hydroxylation is 1. The first kappa shape index (κ1) is 25.7. The van der Waals surface area contributed by atoms with Gasteiger partial charge in [0.2, 0.25) is 0 Å². The Hall–Kier alpha value is -4.37. The number of urea groups is 1. The zero-order valence-electron chi connectivity index (χ0n) is 20.7. The molecular formula is C28H29N3O6. The summed E-state index contributed by atoms with van der Waals surface area (Å²) < 4.78 is 5.46. The number of benzene rings is 3. The lowest BCUT2D eigenvalue weighted by molar-refractivity contribution is -0.135. The van der Waals surface area contributed by atoms with Crippen LogP contribution in [0.3, 0.4) is 0 Å². The lowest BCUT2D eigenvalue weighted by Gasteiger charge is -2.23. The largest absolute Gasteiger partial charge is 0.495 e. The molecule has 3 aromatic rings. The Morgan fingerprint density at radius 2 is 1.73 bits per heavy atom. The van der Waals surface area contributed by atoms with E-state index in [4.69, 9.17) is 14.7 Å². The van der Waals surface area contributed by atoms with E-state index in [-0.39, 0.29) is 17.8 Å². The number of hydrogen-bond acceptors (Lipinski definition) is 6. The van der Waals surface area contributed by atoms with Crippen molar-refractivity contribution in [3.05, 3.63) is 83.4 Å². The Balaban J connectivity index is 1.38. The molecule has 37 heavy (non-hydrogen) atoms. The first-order chi connectivity index (χ1) is 17.8. The van der Waals surface area contributed by atoms with Crippen molar-refractivity contribution in [1.29, 1.82) is 0 Å². The highest BCUT2D eigenvalue weighted by Crippen LogP contribution is 2.28. The zero-order chi connectivity index (χ0) is 26.4. The van der Waals surface area contributed by atoms with Gasteiger partial charge in [0.1, 0.15) is 17.5 Å². The van der Waals surface area contributed by atoms with Crippen LogP contribution in [0.15, 0.2) is 66.7 Å².